The Morgan fingerprint density at radius 1 is 1.25 bits per heavy atom. The van der Waals surface area contributed by atoms with Crippen LogP contribution in [0.1, 0.15) is 0 Å². The van der Waals surface area contributed by atoms with Crippen molar-refractivity contribution < 1.29 is 18.0 Å². The van der Waals surface area contributed by atoms with Crippen molar-refractivity contribution in [3.05, 3.63) is 11.9 Å². The van der Waals surface area contributed by atoms with E-state index in [1.807, 2.05) is 0 Å². The summed E-state index contributed by atoms with van der Waals surface area (Å²) >= 11 is 2.78. The Bertz CT molecular complexity index is 137. The minimum atomic E-state index is -2.63. The summed E-state index contributed by atoms with van der Waals surface area (Å²) in [5, 5.41) is -1.55. The van der Waals surface area contributed by atoms with Crippen LogP contribution in [-0.4, -0.2) is 5.12 Å². The Morgan fingerprint density at radius 3 is 1.62 bits per heavy atom. The third kappa shape index (κ3) is 2.02. The molecule has 0 fully saturated rings. The highest BCUT2D eigenvalue weighted by molar-refractivity contribution is 7.97. The summed E-state index contributed by atoms with van der Waals surface area (Å²) in [5.74, 6) is -2.09. The summed E-state index contributed by atoms with van der Waals surface area (Å²) in [6.45, 7) is 0. The van der Waals surface area contributed by atoms with Crippen LogP contribution in [0, 0.1) is 0 Å². The van der Waals surface area contributed by atoms with Gasteiger partial charge in [0.2, 0.25) is 10.9 Å². The first-order valence-electron chi connectivity index (χ1n) is 1.49. The maximum Gasteiger partial charge on any atom is 0.310 e. The zero-order valence-electron chi connectivity index (χ0n) is 3.49. The summed E-state index contributed by atoms with van der Waals surface area (Å²) < 4.78 is 33.2. The van der Waals surface area contributed by atoms with Crippen LogP contribution in [-0.2, 0) is 4.79 Å². The molecule has 0 amide bonds. The molecule has 0 aromatic heterocycles. The van der Waals surface area contributed by atoms with Crippen LogP contribution < -0.4 is 0 Å². The van der Waals surface area contributed by atoms with Crippen molar-refractivity contribution in [2.45, 2.75) is 0 Å². The second-order valence-electron chi connectivity index (χ2n) is 0.880. The summed E-state index contributed by atoms with van der Waals surface area (Å²) in [4.78, 5) is 9.54. The lowest BCUT2D eigenvalue weighted by molar-refractivity contribution is -0.109. The number of carbonyl (C=O) groups is 1. The van der Waals surface area contributed by atoms with Gasteiger partial charge < -0.3 is 0 Å². The van der Waals surface area contributed by atoms with E-state index in [2.05, 4.69) is 12.6 Å². The average Bonchev–Trinajstić information content (AvgIpc) is 1.64. The normalized spacial score (nSPS) is 8.50. The average molecular weight is 142 g/mol. The number of rotatable bonds is 1. The molecule has 0 unspecified atom stereocenters. The van der Waals surface area contributed by atoms with Gasteiger partial charge in [-0.2, -0.15) is 13.2 Å². The van der Waals surface area contributed by atoms with Crippen LogP contribution >= 0.6 is 12.6 Å². The van der Waals surface area contributed by atoms with Gasteiger partial charge in [-0.25, -0.2) is 0 Å². The van der Waals surface area contributed by atoms with Crippen molar-refractivity contribution in [2.75, 3.05) is 0 Å². The van der Waals surface area contributed by atoms with Gasteiger partial charge in [-0.3, -0.25) is 4.79 Å². The van der Waals surface area contributed by atoms with Crippen molar-refractivity contribution in [1.82, 2.24) is 0 Å². The molecule has 0 heterocycles. The third-order valence-corrected chi connectivity index (χ3v) is 0.550. The van der Waals surface area contributed by atoms with Crippen molar-refractivity contribution in [3.8, 4) is 0 Å². The zero-order chi connectivity index (χ0) is 6.73. The lowest BCUT2D eigenvalue weighted by Crippen LogP contribution is -1.85. The molecule has 0 saturated carbocycles. The van der Waals surface area contributed by atoms with E-state index in [9.17, 15) is 18.0 Å². The molecule has 0 bridgehead atoms. The van der Waals surface area contributed by atoms with Crippen molar-refractivity contribution in [2.24, 2.45) is 0 Å². The maximum atomic E-state index is 11.4. The van der Waals surface area contributed by atoms with Gasteiger partial charge in [-0.1, -0.05) is 12.6 Å². The molecule has 46 valence electrons. The van der Waals surface area contributed by atoms with Gasteiger partial charge in [-0.05, 0) is 0 Å². The third-order valence-electron chi connectivity index (χ3n) is 0.354. The monoisotopic (exact) mass is 142 g/mol. The molecule has 0 N–H and O–H groups in total. The van der Waals surface area contributed by atoms with Crippen LogP contribution in [0.15, 0.2) is 11.9 Å². The molecule has 0 spiro atoms. The van der Waals surface area contributed by atoms with Gasteiger partial charge in [0.1, 0.15) is 0 Å². The molecular weight excluding hydrogens is 141 g/mol. The van der Waals surface area contributed by atoms with E-state index in [1.54, 1.807) is 0 Å². The van der Waals surface area contributed by atoms with Crippen molar-refractivity contribution in [1.29, 1.82) is 0 Å². The minimum absolute atomic E-state index is 1.55. The van der Waals surface area contributed by atoms with Gasteiger partial charge in [0.15, 0.2) is 0 Å². The molecule has 5 heteroatoms. The largest absolute Gasteiger partial charge is 0.310 e. The Morgan fingerprint density at radius 2 is 1.62 bits per heavy atom. The first-order valence-corrected chi connectivity index (χ1v) is 1.94. The molecule has 0 atom stereocenters. The number of hydrogen-bond donors (Lipinski definition) is 1. The minimum Gasteiger partial charge on any atom is -0.279 e. The lowest BCUT2D eigenvalue weighted by atomic mass is 10.6. The topological polar surface area (TPSA) is 17.1 Å². The van der Waals surface area contributed by atoms with E-state index >= 15 is 0 Å². The van der Waals surface area contributed by atoms with Crippen LogP contribution in [0.5, 0.6) is 0 Å². The fourth-order valence-corrected chi connectivity index (χ4v) is 0.165. The quantitative estimate of drug-likeness (QED) is 0.434. The second kappa shape index (κ2) is 2.76. The van der Waals surface area contributed by atoms with E-state index < -0.39 is 17.0 Å². The zero-order valence-corrected chi connectivity index (χ0v) is 4.38. The van der Waals surface area contributed by atoms with E-state index in [0.717, 1.165) is 0 Å². The molecule has 0 saturated heterocycles. The smallest absolute Gasteiger partial charge is 0.279 e. The van der Waals surface area contributed by atoms with E-state index in [0.29, 0.717) is 0 Å². The lowest BCUT2D eigenvalue weighted by Gasteiger charge is -1.81. The number of thiol groups is 1. The Kier molecular flexibility index (Phi) is 2.60. The number of hydrogen-bond acceptors (Lipinski definition) is 1. The Hall–Kier alpha value is -0.450. The predicted octanol–water partition coefficient (Wildman–Crippen LogP) is 1.52. The van der Waals surface area contributed by atoms with Gasteiger partial charge in [-0.15, -0.1) is 0 Å². The summed E-state index contributed by atoms with van der Waals surface area (Å²) in [5.41, 5.74) is 0. The molecule has 1 nitrogen and oxygen atoms in total. The van der Waals surface area contributed by atoms with Crippen molar-refractivity contribution >= 4 is 17.7 Å². The molecule has 0 aromatic rings. The van der Waals surface area contributed by atoms with Crippen LogP contribution in [0.25, 0.3) is 0 Å². The molecule has 0 aromatic carbocycles. The number of halogens is 3. The highest BCUT2D eigenvalue weighted by Crippen LogP contribution is 2.10. The standard InChI is InChI=1S/C3HF3OS/c4-1(2(5)6)3(7)8/h(H,7,8). The molecule has 0 aliphatic rings. The first kappa shape index (κ1) is 7.55. The first-order chi connectivity index (χ1) is 3.55. The summed E-state index contributed by atoms with van der Waals surface area (Å²) in [6, 6.07) is 0. The highest BCUT2D eigenvalue weighted by Gasteiger charge is 2.09. The van der Waals surface area contributed by atoms with Gasteiger partial charge >= 0.3 is 6.08 Å². The molecule has 8 heavy (non-hydrogen) atoms. The molecule has 0 aliphatic heterocycles. The second-order valence-corrected chi connectivity index (χ2v) is 1.29. The fourth-order valence-electron chi connectivity index (χ4n) is 0.0808. The Labute approximate surface area is 48.6 Å². The van der Waals surface area contributed by atoms with Crippen LogP contribution in [0.4, 0.5) is 13.2 Å². The molecule has 0 aliphatic carbocycles. The van der Waals surface area contributed by atoms with Crippen LogP contribution in [0.3, 0.4) is 0 Å². The molecule has 0 rings (SSSR count). The van der Waals surface area contributed by atoms with E-state index in [4.69, 9.17) is 0 Å². The van der Waals surface area contributed by atoms with E-state index in [1.165, 1.54) is 0 Å². The number of carbonyl (C=O) groups excluding carboxylic acids is 1. The molecule has 0 radical (unpaired) electrons. The Balaban J connectivity index is 4.23. The van der Waals surface area contributed by atoms with Gasteiger partial charge in [0, 0.05) is 0 Å². The van der Waals surface area contributed by atoms with Crippen molar-refractivity contribution in [3.63, 3.8) is 0 Å². The highest BCUT2D eigenvalue weighted by atomic mass is 32.1. The fraction of sp³-hybridized carbons (Fsp3) is 0. The SMILES string of the molecule is O=C(S)C(F)=C(F)F. The van der Waals surface area contributed by atoms with Crippen LogP contribution in [0.2, 0.25) is 0 Å². The van der Waals surface area contributed by atoms with Gasteiger partial charge in [0.25, 0.3) is 0 Å². The molecular formula is C3HF3OS. The summed E-state index contributed by atoms with van der Waals surface area (Å²) in [7, 11) is 0. The predicted molar refractivity (Wildman–Crippen MR) is 24.3 cm³/mol. The summed E-state index contributed by atoms with van der Waals surface area (Å²) in [6.07, 6.45) is -2.63. The van der Waals surface area contributed by atoms with E-state index in [-0.39, 0.29) is 0 Å². The maximum absolute atomic E-state index is 11.4. The van der Waals surface area contributed by atoms with Gasteiger partial charge in [0.05, 0.1) is 0 Å².